The topological polar surface area (TPSA) is 131 Å². The number of rotatable bonds is 42. The Morgan fingerprint density at radius 2 is 1.02 bits per heavy atom. The van der Waals surface area contributed by atoms with Crippen LogP contribution in [0.25, 0.3) is 0 Å². The van der Waals surface area contributed by atoms with Crippen molar-refractivity contribution < 1.29 is 28.4 Å². The minimum atomic E-state index is -4.34. The van der Waals surface area contributed by atoms with Gasteiger partial charge in [0.2, 0.25) is 5.91 Å². The maximum atomic E-state index is 12.8. The first-order chi connectivity index (χ1) is 26.4. The van der Waals surface area contributed by atoms with Gasteiger partial charge in [-0.15, -0.1) is 0 Å². The van der Waals surface area contributed by atoms with E-state index in [1.807, 2.05) is 6.08 Å². The lowest BCUT2D eigenvalue weighted by molar-refractivity contribution is -0.123. The number of hydrogen-bond acceptors (Lipinski definition) is 6. The molecule has 0 radical (unpaired) electrons. The van der Waals surface area contributed by atoms with Crippen LogP contribution in [0.4, 0.5) is 0 Å². The summed E-state index contributed by atoms with van der Waals surface area (Å²) in [7, 11) is -4.34. The lowest BCUT2D eigenvalue weighted by Crippen LogP contribution is -2.45. The third-order valence-electron chi connectivity index (χ3n) is 9.96. The van der Waals surface area contributed by atoms with E-state index in [9.17, 15) is 19.4 Å². The molecule has 0 spiro atoms. The Morgan fingerprint density at radius 3 is 1.48 bits per heavy atom. The molecule has 0 aliphatic carbocycles. The average Bonchev–Trinajstić information content (AvgIpc) is 3.16. The van der Waals surface area contributed by atoms with Crippen molar-refractivity contribution in [2.45, 2.75) is 225 Å². The lowest BCUT2D eigenvalue weighted by atomic mass is 10.0. The highest BCUT2D eigenvalue weighted by Gasteiger charge is 2.26. The Kier molecular flexibility index (Phi) is 40.4. The predicted molar refractivity (Wildman–Crippen MR) is 231 cm³/mol. The molecule has 0 fully saturated rings. The minimum Gasteiger partial charge on any atom is -0.387 e. The molecule has 0 aliphatic rings. The van der Waals surface area contributed by atoms with Crippen LogP contribution in [-0.2, 0) is 18.4 Å². The van der Waals surface area contributed by atoms with Gasteiger partial charge in [0.25, 0.3) is 0 Å². The molecular formula is C45H87N2O6P. The standard InChI is InChI=1S/C45H87N2O6P/c1-3-5-7-9-11-13-15-17-19-21-22-23-24-26-28-30-32-34-36-38-44(48)43(42-53-54(50,51)52-41-40-46)47-45(49)39-37-35-33-31-29-27-25-20-18-16-14-12-10-8-6-4-2/h14,16,20,25,36,38,43-44,48H,3-13,15,17-19,21-24,26-35,37,39-42,46H2,1-2H3,(H,47,49)(H,50,51)/b16-14-,25-20-,38-36+. The third-order valence-corrected chi connectivity index (χ3v) is 10.9. The largest absolute Gasteiger partial charge is 0.472 e. The van der Waals surface area contributed by atoms with Crippen LogP contribution in [0.1, 0.15) is 213 Å². The number of nitrogens with two attached hydrogens (primary N) is 1. The Bertz CT molecular complexity index is 943. The van der Waals surface area contributed by atoms with Crippen LogP contribution in [0.2, 0.25) is 0 Å². The van der Waals surface area contributed by atoms with E-state index >= 15 is 0 Å². The smallest absolute Gasteiger partial charge is 0.387 e. The highest BCUT2D eigenvalue weighted by molar-refractivity contribution is 7.47. The van der Waals surface area contributed by atoms with Crippen LogP contribution in [0, 0.1) is 0 Å². The maximum absolute atomic E-state index is 12.8. The van der Waals surface area contributed by atoms with Crippen LogP contribution in [0.5, 0.6) is 0 Å². The molecule has 9 heteroatoms. The van der Waals surface area contributed by atoms with E-state index < -0.39 is 20.0 Å². The van der Waals surface area contributed by atoms with Crippen molar-refractivity contribution in [3.63, 3.8) is 0 Å². The van der Waals surface area contributed by atoms with Gasteiger partial charge in [-0.1, -0.05) is 192 Å². The van der Waals surface area contributed by atoms with E-state index in [0.29, 0.717) is 6.42 Å². The molecule has 0 aromatic heterocycles. The molecule has 0 rings (SSSR count). The molecule has 5 N–H and O–H groups in total. The third kappa shape index (κ3) is 39.0. The molecule has 0 bridgehead atoms. The summed E-state index contributed by atoms with van der Waals surface area (Å²) < 4.78 is 22.1. The van der Waals surface area contributed by atoms with Crippen LogP contribution in [-0.4, -0.2) is 47.8 Å². The highest BCUT2D eigenvalue weighted by atomic mass is 31.2. The zero-order valence-electron chi connectivity index (χ0n) is 35.2. The molecule has 3 unspecified atom stereocenters. The summed E-state index contributed by atoms with van der Waals surface area (Å²) in [5.74, 6) is -0.207. The monoisotopic (exact) mass is 783 g/mol. The van der Waals surface area contributed by atoms with Crippen LogP contribution in [0.3, 0.4) is 0 Å². The lowest BCUT2D eigenvalue weighted by Gasteiger charge is -2.23. The maximum Gasteiger partial charge on any atom is 0.472 e. The molecule has 1 amide bonds. The highest BCUT2D eigenvalue weighted by Crippen LogP contribution is 2.43. The molecule has 0 aromatic carbocycles. The molecule has 54 heavy (non-hydrogen) atoms. The van der Waals surface area contributed by atoms with Crippen LogP contribution < -0.4 is 11.1 Å². The van der Waals surface area contributed by atoms with Crippen molar-refractivity contribution in [2.24, 2.45) is 5.73 Å². The Hall–Kier alpha value is -1.28. The zero-order valence-corrected chi connectivity index (χ0v) is 36.1. The van der Waals surface area contributed by atoms with Gasteiger partial charge in [-0.25, -0.2) is 4.57 Å². The van der Waals surface area contributed by atoms with E-state index in [4.69, 9.17) is 14.8 Å². The van der Waals surface area contributed by atoms with Gasteiger partial charge in [0.15, 0.2) is 0 Å². The number of phosphoric acid groups is 1. The molecule has 8 nitrogen and oxygen atoms in total. The number of phosphoric ester groups is 1. The first-order valence-electron chi connectivity index (χ1n) is 22.6. The number of nitrogens with one attached hydrogen (secondary N) is 1. The molecule has 0 heterocycles. The van der Waals surface area contributed by atoms with Crippen molar-refractivity contribution in [3.05, 3.63) is 36.5 Å². The number of carbonyl (C=O) groups excluding carboxylic acids is 1. The van der Waals surface area contributed by atoms with Gasteiger partial charge in [0.05, 0.1) is 25.4 Å². The molecule has 0 saturated carbocycles. The summed E-state index contributed by atoms with van der Waals surface area (Å²) in [6.07, 6.45) is 49.0. The van der Waals surface area contributed by atoms with Crippen LogP contribution in [0.15, 0.2) is 36.5 Å². The number of allylic oxidation sites excluding steroid dienone is 5. The second kappa shape index (κ2) is 41.4. The van der Waals surface area contributed by atoms with Crippen molar-refractivity contribution in [1.82, 2.24) is 5.32 Å². The van der Waals surface area contributed by atoms with E-state index in [1.165, 1.54) is 128 Å². The number of unbranched alkanes of at least 4 members (excludes halogenated alkanes) is 26. The molecular weight excluding hydrogens is 695 g/mol. The molecule has 0 saturated heterocycles. The van der Waals surface area contributed by atoms with Crippen molar-refractivity contribution >= 4 is 13.7 Å². The second-order valence-corrected chi connectivity index (χ2v) is 16.7. The van der Waals surface area contributed by atoms with E-state index in [1.54, 1.807) is 6.08 Å². The summed E-state index contributed by atoms with van der Waals surface area (Å²) in [4.78, 5) is 22.7. The molecule has 318 valence electrons. The fourth-order valence-corrected chi connectivity index (χ4v) is 7.27. The van der Waals surface area contributed by atoms with Gasteiger partial charge < -0.3 is 21.1 Å². The number of carbonyl (C=O) groups is 1. The van der Waals surface area contributed by atoms with Gasteiger partial charge >= 0.3 is 7.82 Å². The SMILES string of the molecule is CCCCCC/C=C\C/C=C\CCCCCCCC(=O)NC(COP(=O)(O)OCCN)C(O)/C=C/CCCCCCCCCCCCCCCCCCC. The number of amides is 1. The first-order valence-corrected chi connectivity index (χ1v) is 24.1. The van der Waals surface area contributed by atoms with E-state index in [0.717, 1.165) is 64.2 Å². The van der Waals surface area contributed by atoms with Crippen molar-refractivity contribution in [1.29, 1.82) is 0 Å². The second-order valence-electron chi connectivity index (χ2n) is 15.3. The number of aliphatic hydroxyl groups excluding tert-OH is 1. The van der Waals surface area contributed by atoms with Gasteiger partial charge in [0, 0.05) is 13.0 Å². The van der Waals surface area contributed by atoms with Gasteiger partial charge in [0.1, 0.15) is 0 Å². The normalized spacial score (nSPS) is 14.4. The fourth-order valence-electron chi connectivity index (χ4n) is 6.52. The summed E-state index contributed by atoms with van der Waals surface area (Å²) >= 11 is 0. The number of hydrogen-bond donors (Lipinski definition) is 4. The average molecular weight is 783 g/mol. The van der Waals surface area contributed by atoms with Gasteiger partial charge in [-0.05, 0) is 51.4 Å². The Balaban J connectivity index is 4.22. The van der Waals surface area contributed by atoms with E-state index in [2.05, 4.69) is 43.5 Å². The fraction of sp³-hybridized carbons (Fsp3) is 0.844. The van der Waals surface area contributed by atoms with Crippen molar-refractivity contribution in [3.8, 4) is 0 Å². The first kappa shape index (κ1) is 52.7. The van der Waals surface area contributed by atoms with Crippen LogP contribution >= 0.6 is 7.82 Å². The Labute approximate surface area is 333 Å². The van der Waals surface area contributed by atoms with E-state index in [-0.39, 0.29) is 25.7 Å². The predicted octanol–water partition coefficient (Wildman–Crippen LogP) is 12.7. The van der Waals surface area contributed by atoms with Gasteiger partial charge in [-0.2, -0.15) is 0 Å². The number of aliphatic hydroxyl groups is 1. The quantitative estimate of drug-likeness (QED) is 0.0275. The summed E-state index contributed by atoms with van der Waals surface area (Å²) in [5, 5.41) is 13.7. The summed E-state index contributed by atoms with van der Waals surface area (Å²) in [6, 6.07) is -0.867. The molecule has 0 aromatic rings. The Morgan fingerprint density at radius 1 is 0.611 bits per heavy atom. The summed E-state index contributed by atoms with van der Waals surface area (Å²) in [5.41, 5.74) is 5.38. The zero-order chi connectivity index (χ0) is 39.6. The summed E-state index contributed by atoms with van der Waals surface area (Å²) in [6.45, 7) is 4.12. The molecule has 0 aliphatic heterocycles. The van der Waals surface area contributed by atoms with Gasteiger partial charge in [-0.3, -0.25) is 13.8 Å². The van der Waals surface area contributed by atoms with Crippen molar-refractivity contribution in [2.75, 3.05) is 19.8 Å². The molecule has 3 atom stereocenters. The minimum absolute atomic E-state index is 0.0758.